The summed E-state index contributed by atoms with van der Waals surface area (Å²) in [6, 6.07) is 17.3. The molecule has 1 aromatic heterocycles. The van der Waals surface area contributed by atoms with Crippen LogP contribution in [0.3, 0.4) is 0 Å². The average molecular weight is 448 g/mol. The van der Waals surface area contributed by atoms with Crippen molar-refractivity contribution in [3.63, 3.8) is 0 Å². The van der Waals surface area contributed by atoms with Crippen molar-refractivity contribution in [1.29, 1.82) is 0 Å². The SMILES string of the molecule is O=C(Nc1ccc(OCc2ccccc2)cc1)N1CCN(c2ncc(CCCO)cn2)CC1. The van der Waals surface area contributed by atoms with Gasteiger partial charge in [0.25, 0.3) is 0 Å². The Kier molecular flexibility index (Phi) is 7.71. The molecule has 8 heteroatoms. The number of aryl methyl sites for hydroxylation is 1. The van der Waals surface area contributed by atoms with Crippen LogP contribution in [0.4, 0.5) is 16.4 Å². The Hall–Kier alpha value is -3.65. The van der Waals surface area contributed by atoms with Gasteiger partial charge < -0.3 is 25.0 Å². The summed E-state index contributed by atoms with van der Waals surface area (Å²) in [5, 5.41) is 11.9. The fourth-order valence-electron chi connectivity index (χ4n) is 3.61. The summed E-state index contributed by atoms with van der Waals surface area (Å²) in [4.78, 5) is 25.4. The number of ether oxygens (including phenoxy) is 1. The molecule has 2 N–H and O–H groups in total. The van der Waals surface area contributed by atoms with Gasteiger partial charge in [-0.3, -0.25) is 0 Å². The zero-order chi connectivity index (χ0) is 22.9. The number of hydrogen-bond donors (Lipinski definition) is 2. The lowest BCUT2D eigenvalue weighted by Crippen LogP contribution is -2.50. The molecule has 172 valence electrons. The first-order chi connectivity index (χ1) is 16.2. The molecule has 33 heavy (non-hydrogen) atoms. The van der Waals surface area contributed by atoms with Gasteiger partial charge in [0.1, 0.15) is 12.4 Å². The molecule has 0 bridgehead atoms. The van der Waals surface area contributed by atoms with E-state index in [-0.39, 0.29) is 12.6 Å². The van der Waals surface area contributed by atoms with E-state index in [4.69, 9.17) is 9.84 Å². The molecule has 2 aromatic carbocycles. The fraction of sp³-hybridized carbons (Fsp3) is 0.320. The number of nitrogens with one attached hydrogen (secondary N) is 1. The van der Waals surface area contributed by atoms with Crippen molar-refractivity contribution < 1.29 is 14.6 Å². The van der Waals surface area contributed by atoms with Crippen LogP contribution in [0.5, 0.6) is 5.75 Å². The maximum atomic E-state index is 12.7. The van der Waals surface area contributed by atoms with E-state index in [1.807, 2.05) is 67.0 Å². The summed E-state index contributed by atoms with van der Waals surface area (Å²) in [6.45, 7) is 3.22. The number of aromatic nitrogens is 2. The molecular weight excluding hydrogens is 418 g/mol. The van der Waals surface area contributed by atoms with Crippen molar-refractivity contribution in [3.05, 3.63) is 78.1 Å². The number of carbonyl (C=O) groups excluding carboxylic acids is 1. The van der Waals surface area contributed by atoms with Crippen LogP contribution in [0.25, 0.3) is 0 Å². The second-order valence-electron chi connectivity index (χ2n) is 7.92. The van der Waals surface area contributed by atoms with Crippen molar-refractivity contribution >= 4 is 17.7 Å². The molecule has 0 saturated carbocycles. The summed E-state index contributed by atoms with van der Waals surface area (Å²) >= 11 is 0. The standard InChI is InChI=1S/C25H29N5O3/c31-16-4-7-21-17-26-24(27-18-21)29-12-14-30(15-13-29)25(32)28-22-8-10-23(11-9-22)33-19-20-5-2-1-3-6-20/h1-3,5-6,8-11,17-18,31H,4,7,12-16,19H2,(H,28,32). The molecule has 4 rings (SSSR count). The number of hydrogen-bond acceptors (Lipinski definition) is 6. The number of aliphatic hydroxyl groups is 1. The van der Waals surface area contributed by atoms with Gasteiger partial charge in [0, 0.05) is 50.9 Å². The third-order valence-corrected chi connectivity index (χ3v) is 5.52. The third-order valence-electron chi connectivity index (χ3n) is 5.52. The van der Waals surface area contributed by atoms with Crippen LogP contribution in [-0.2, 0) is 13.0 Å². The van der Waals surface area contributed by atoms with Gasteiger partial charge >= 0.3 is 6.03 Å². The van der Waals surface area contributed by atoms with Crippen molar-refractivity contribution in [2.45, 2.75) is 19.4 Å². The van der Waals surface area contributed by atoms with Crippen molar-refractivity contribution in [1.82, 2.24) is 14.9 Å². The largest absolute Gasteiger partial charge is 0.489 e. The van der Waals surface area contributed by atoms with E-state index in [2.05, 4.69) is 20.2 Å². The van der Waals surface area contributed by atoms with Gasteiger partial charge in [-0.1, -0.05) is 30.3 Å². The number of anilines is 2. The molecule has 1 aliphatic rings. The van der Waals surface area contributed by atoms with Crippen molar-refractivity contribution in [2.75, 3.05) is 43.0 Å². The molecule has 0 atom stereocenters. The highest BCUT2D eigenvalue weighted by Crippen LogP contribution is 2.18. The van der Waals surface area contributed by atoms with Crippen LogP contribution in [0.15, 0.2) is 67.0 Å². The zero-order valence-electron chi connectivity index (χ0n) is 18.6. The van der Waals surface area contributed by atoms with Gasteiger partial charge in [-0.2, -0.15) is 0 Å². The van der Waals surface area contributed by atoms with Crippen LogP contribution in [0, 0.1) is 0 Å². The highest BCUT2D eigenvalue weighted by atomic mass is 16.5. The van der Waals surface area contributed by atoms with E-state index in [0.717, 1.165) is 29.0 Å². The van der Waals surface area contributed by atoms with Crippen LogP contribution < -0.4 is 15.0 Å². The molecule has 1 saturated heterocycles. The first-order valence-corrected chi connectivity index (χ1v) is 11.2. The lowest BCUT2D eigenvalue weighted by molar-refractivity contribution is 0.208. The predicted octanol–water partition coefficient (Wildman–Crippen LogP) is 3.33. The highest BCUT2D eigenvalue weighted by molar-refractivity contribution is 5.89. The quantitative estimate of drug-likeness (QED) is 0.551. The first-order valence-electron chi connectivity index (χ1n) is 11.2. The number of amides is 2. The zero-order valence-corrected chi connectivity index (χ0v) is 18.6. The Morgan fingerprint density at radius 3 is 2.30 bits per heavy atom. The molecule has 3 aromatic rings. The fourth-order valence-corrected chi connectivity index (χ4v) is 3.61. The van der Waals surface area contributed by atoms with Gasteiger partial charge in [0.05, 0.1) is 0 Å². The Bertz CT molecular complexity index is 1000. The Balaban J connectivity index is 1.22. The highest BCUT2D eigenvalue weighted by Gasteiger charge is 2.22. The molecule has 2 amide bonds. The molecular formula is C25H29N5O3. The van der Waals surface area contributed by atoms with Crippen LogP contribution in [-0.4, -0.2) is 58.8 Å². The van der Waals surface area contributed by atoms with E-state index in [9.17, 15) is 4.79 Å². The van der Waals surface area contributed by atoms with Crippen LogP contribution in [0.1, 0.15) is 17.5 Å². The third kappa shape index (κ3) is 6.43. The minimum Gasteiger partial charge on any atom is -0.489 e. The Morgan fingerprint density at radius 2 is 1.64 bits per heavy atom. The number of urea groups is 1. The second-order valence-corrected chi connectivity index (χ2v) is 7.92. The number of benzene rings is 2. The van der Waals surface area contributed by atoms with Crippen LogP contribution >= 0.6 is 0 Å². The number of rotatable bonds is 8. The Morgan fingerprint density at radius 1 is 0.939 bits per heavy atom. The molecule has 1 fully saturated rings. The minimum atomic E-state index is -0.118. The van der Waals surface area contributed by atoms with Gasteiger partial charge in [0.15, 0.2) is 0 Å². The van der Waals surface area contributed by atoms with E-state index >= 15 is 0 Å². The lowest BCUT2D eigenvalue weighted by atomic mass is 10.2. The molecule has 0 spiro atoms. The summed E-state index contributed by atoms with van der Waals surface area (Å²) in [5.74, 6) is 1.43. The number of carbonyl (C=O) groups is 1. The van der Waals surface area contributed by atoms with Gasteiger partial charge in [0.2, 0.25) is 5.95 Å². The summed E-state index contributed by atoms with van der Waals surface area (Å²) in [6.07, 6.45) is 5.10. The van der Waals surface area contributed by atoms with Crippen molar-refractivity contribution in [2.24, 2.45) is 0 Å². The van der Waals surface area contributed by atoms with Crippen molar-refractivity contribution in [3.8, 4) is 5.75 Å². The van der Waals surface area contributed by atoms with E-state index < -0.39 is 0 Å². The first kappa shape index (κ1) is 22.5. The molecule has 0 aliphatic carbocycles. The predicted molar refractivity (Wildman–Crippen MR) is 127 cm³/mol. The summed E-state index contributed by atoms with van der Waals surface area (Å²) in [7, 11) is 0. The number of aliphatic hydroxyl groups excluding tert-OH is 1. The van der Waals surface area contributed by atoms with Gasteiger partial charge in [-0.05, 0) is 48.2 Å². The molecule has 0 radical (unpaired) electrons. The lowest BCUT2D eigenvalue weighted by Gasteiger charge is -2.34. The van der Waals surface area contributed by atoms with Crippen LogP contribution in [0.2, 0.25) is 0 Å². The molecule has 8 nitrogen and oxygen atoms in total. The average Bonchev–Trinajstić information content (AvgIpc) is 2.88. The minimum absolute atomic E-state index is 0.118. The molecule has 0 unspecified atom stereocenters. The van der Waals surface area contributed by atoms with Gasteiger partial charge in [-0.25, -0.2) is 14.8 Å². The summed E-state index contributed by atoms with van der Waals surface area (Å²) in [5.41, 5.74) is 2.86. The number of nitrogens with zero attached hydrogens (tertiary/aromatic N) is 4. The van der Waals surface area contributed by atoms with E-state index in [1.54, 1.807) is 4.90 Å². The molecule has 2 heterocycles. The monoisotopic (exact) mass is 447 g/mol. The molecule has 1 aliphatic heterocycles. The normalized spacial score (nSPS) is 13.6. The maximum absolute atomic E-state index is 12.7. The van der Waals surface area contributed by atoms with E-state index in [1.165, 1.54) is 0 Å². The Labute approximate surface area is 193 Å². The smallest absolute Gasteiger partial charge is 0.321 e. The maximum Gasteiger partial charge on any atom is 0.321 e. The second kappa shape index (κ2) is 11.3. The van der Waals surface area contributed by atoms with Gasteiger partial charge in [-0.15, -0.1) is 0 Å². The topological polar surface area (TPSA) is 90.8 Å². The summed E-state index contributed by atoms with van der Waals surface area (Å²) < 4.78 is 5.80. The number of piperazine rings is 1. The van der Waals surface area contributed by atoms with E-state index in [0.29, 0.717) is 45.2 Å².